The summed E-state index contributed by atoms with van der Waals surface area (Å²) < 4.78 is 10.5. The van der Waals surface area contributed by atoms with Crippen molar-refractivity contribution >= 4 is 23.3 Å². The van der Waals surface area contributed by atoms with Crippen molar-refractivity contribution in [2.75, 3.05) is 25.1 Å². The average molecular weight is 378 g/mol. The maximum Gasteiger partial charge on any atom is 0.242 e. The molecule has 1 saturated heterocycles. The van der Waals surface area contributed by atoms with Gasteiger partial charge in [0, 0.05) is 36.3 Å². The number of ether oxygens (including phenoxy) is 1. The maximum atomic E-state index is 12.4. The van der Waals surface area contributed by atoms with Crippen molar-refractivity contribution in [3.8, 4) is 0 Å². The highest BCUT2D eigenvalue weighted by Gasteiger charge is 2.35. The third-order valence-electron chi connectivity index (χ3n) is 4.93. The lowest BCUT2D eigenvalue weighted by molar-refractivity contribution is -0.117. The van der Waals surface area contributed by atoms with Gasteiger partial charge in [0.1, 0.15) is 5.76 Å². The van der Waals surface area contributed by atoms with Crippen LogP contribution >= 0.6 is 11.6 Å². The SMILES string of the molecule is Cc1cc(NC(=O)[C@@H](C)NCC2(c3ccc(Cl)cc3)CCOCC2)no1. The summed E-state index contributed by atoms with van der Waals surface area (Å²) in [6, 6.07) is 9.29. The van der Waals surface area contributed by atoms with Gasteiger partial charge in [-0.2, -0.15) is 0 Å². The first-order valence-corrected chi connectivity index (χ1v) is 9.18. The van der Waals surface area contributed by atoms with Crippen molar-refractivity contribution in [2.24, 2.45) is 0 Å². The summed E-state index contributed by atoms with van der Waals surface area (Å²) in [5.74, 6) is 0.945. The van der Waals surface area contributed by atoms with Gasteiger partial charge in [-0.1, -0.05) is 28.9 Å². The first-order valence-electron chi connectivity index (χ1n) is 8.80. The van der Waals surface area contributed by atoms with E-state index in [-0.39, 0.29) is 17.4 Å². The molecule has 1 aliphatic rings. The van der Waals surface area contributed by atoms with E-state index in [9.17, 15) is 4.79 Å². The number of halogens is 1. The Labute approximate surface area is 158 Å². The van der Waals surface area contributed by atoms with E-state index < -0.39 is 0 Å². The van der Waals surface area contributed by atoms with Gasteiger partial charge in [-0.05, 0) is 44.4 Å². The molecule has 1 amide bonds. The zero-order valence-corrected chi connectivity index (χ0v) is 15.8. The zero-order valence-electron chi connectivity index (χ0n) is 15.0. The van der Waals surface area contributed by atoms with E-state index in [0.717, 1.165) is 17.9 Å². The summed E-state index contributed by atoms with van der Waals surface area (Å²) in [6.45, 7) is 5.74. The molecule has 0 spiro atoms. The summed E-state index contributed by atoms with van der Waals surface area (Å²) in [5, 5.41) is 10.7. The normalized spacial score (nSPS) is 17.7. The van der Waals surface area contributed by atoms with E-state index in [2.05, 4.69) is 27.9 Å². The Hall–Kier alpha value is -1.89. The van der Waals surface area contributed by atoms with Crippen LogP contribution in [-0.2, 0) is 14.9 Å². The van der Waals surface area contributed by atoms with E-state index in [1.165, 1.54) is 5.56 Å². The van der Waals surface area contributed by atoms with Crippen molar-refractivity contribution in [3.63, 3.8) is 0 Å². The van der Waals surface area contributed by atoms with Crippen LogP contribution in [0.4, 0.5) is 5.82 Å². The van der Waals surface area contributed by atoms with E-state index >= 15 is 0 Å². The molecule has 0 radical (unpaired) electrons. The minimum absolute atomic E-state index is 0.0676. The van der Waals surface area contributed by atoms with Crippen LogP contribution in [0.15, 0.2) is 34.9 Å². The van der Waals surface area contributed by atoms with E-state index in [0.29, 0.717) is 31.3 Å². The molecule has 3 rings (SSSR count). The van der Waals surface area contributed by atoms with Crippen LogP contribution in [0, 0.1) is 6.92 Å². The largest absolute Gasteiger partial charge is 0.381 e. The van der Waals surface area contributed by atoms with Crippen LogP contribution in [0.5, 0.6) is 0 Å². The Morgan fingerprint density at radius 3 is 2.62 bits per heavy atom. The van der Waals surface area contributed by atoms with Gasteiger partial charge in [0.25, 0.3) is 0 Å². The van der Waals surface area contributed by atoms with Gasteiger partial charge in [0.15, 0.2) is 5.82 Å². The number of hydrogen-bond donors (Lipinski definition) is 2. The Bertz CT molecular complexity index is 739. The maximum absolute atomic E-state index is 12.4. The highest BCUT2D eigenvalue weighted by molar-refractivity contribution is 6.30. The number of aromatic nitrogens is 1. The Balaban J connectivity index is 1.65. The fourth-order valence-electron chi connectivity index (χ4n) is 3.23. The number of amides is 1. The van der Waals surface area contributed by atoms with Gasteiger partial charge in [-0.25, -0.2) is 0 Å². The summed E-state index contributed by atoms with van der Waals surface area (Å²) in [7, 11) is 0. The van der Waals surface area contributed by atoms with Gasteiger partial charge in [-0.3, -0.25) is 4.79 Å². The second-order valence-corrected chi connectivity index (χ2v) is 7.25. The van der Waals surface area contributed by atoms with E-state index in [1.54, 1.807) is 13.0 Å². The summed E-state index contributed by atoms with van der Waals surface area (Å²) in [5.41, 5.74) is 1.15. The van der Waals surface area contributed by atoms with Gasteiger partial charge < -0.3 is 19.9 Å². The van der Waals surface area contributed by atoms with Crippen molar-refractivity contribution in [3.05, 3.63) is 46.7 Å². The van der Waals surface area contributed by atoms with Crippen LogP contribution in [0.2, 0.25) is 5.02 Å². The number of hydrogen-bond acceptors (Lipinski definition) is 5. The van der Waals surface area contributed by atoms with Gasteiger partial charge in [0.05, 0.1) is 6.04 Å². The van der Waals surface area contributed by atoms with Crippen LogP contribution in [0.3, 0.4) is 0 Å². The first kappa shape index (κ1) is 18.9. The molecule has 26 heavy (non-hydrogen) atoms. The molecular weight excluding hydrogens is 354 g/mol. The van der Waals surface area contributed by atoms with Crippen LogP contribution in [0.25, 0.3) is 0 Å². The fourth-order valence-corrected chi connectivity index (χ4v) is 3.36. The summed E-state index contributed by atoms with van der Waals surface area (Å²) in [4.78, 5) is 12.4. The molecule has 1 aromatic heterocycles. The standard InChI is InChI=1S/C19H24ClN3O3/c1-13-11-17(23-26-13)22-18(24)14(2)21-12-19(7-9-25-10-8-19)15-3-5-16(20)6-4-15/h3-6,11,14,21H,7-10,12H2,1-2H3,(H,22,23,24)/t14-/m1/s1. The Morgan fingerprint density at radius 2 is 2.00 bits per heavy atom. The third kappa shape index (κ3) is 4.44. The highest BCUT2D eigenvalue weighted by atomic mass is 35.5. The zero-order chi connectivity index (χ0) is 18.6. The molecule has 0 unspecified atom stereocenters. The topological polar surface area (TPSA) is 76.4 Å². The van der Waals surface area contributed by atoms with Crippen molar-refractivity contribution < 1.29 is 14.1 Å². The lowest BCUT2D eigenvalue weighted by atomic mass is 9.74. The molecular formula is C19H24ClN3O3. The molecule has 2 N–H and O–H groups in total. The molecule has 0 saturated carbocycles. The molecule has 1 aliphatic heterocycles. The Morgan fingerprint density at radius 1 is 1.31 bits per heavy atom. The summed E-state index contributed by atoms with van der Waals surface area (Å²) in [6.07, 6.45) is 1.80. The fraction of sp³-hybridized carbons (Fsp3) is 0.474. The predicted octanol–water partition coefficient (Wildman–Crippen LogP) is 3.30. The van der Waals surface area contributed by atoms with Crippen molar-refractivity contribution in [1.82, 2.24) is 10.5 Å². The second-order valence-electron chi connectivity index (χ2n) is 6.81. The van der Waals surface area contributed by atoms with Gasteiger partial charge in [-0.15, -0.1) is 0 Å². The van der Waals surface area contributed by atoms with Gasteiger partial charge >= 0.3 is 0 Å². The number of anilines is 1. The number of aryl methyl sites for hydroxylation is 1. The molecule has 2 aromatic rings. The number of nitrogens with one attached hydrogen (secondary N) is 2. The van der Waals surface area contributed by atoms with Crippen molar-refractivity contribution in [2.45, 2.75) is 38.1 Å². The first-order chi connectivity index (χ1) is 12.5. The number of benzene rings is 1. The number of carbonyl (C=O) groups is 1. The molecule has 6 nitrogen and oxygen atoms in total. The van der Waals surface area contributed by atoms with Crippen molar-refractivity contribution in [1.29, 1.82) is 0 Å². The highest BCUT2D eigenvalue weighted by Crippen LogP contribution is 2.35. The molecule has 1 atom stereocenters. The number of rotatable bonds is 6. The van der Waals surface area contributed by atoms with E-state index in [1.807, 2.05) is 19.1 Å². The quantitative estimate of drug-likeness (QED) is 0.807. The Kier molecular flexibility index (Phi) is 5.96. The number of carbonyl (C=O) groups excluding carboxylic acids is 1. The minimum atomic E-state index is -0.362. The second kappa shape index (κ2) is 8.20. The average Bonchev–Trinajstić information content (AvgIpc) is 3.05. The molecule has 2 heterocycles. The molecule has 140 valence electrons. The van der Waals surface area contributed by atoms with Crippen LogP contribution in [-0.4, -0.2) is 36.9 Å². The molecule has 1 aromatic carbocycles. The molecule has 0 bridgehead atoms. The third-order valence-corrected chi connectivity index (χ3v) is 5.18. The minimum Gasteiger partial charge on any atom is -0.381 e. The molecule has 0 aliphatic carbocycles. The lowest BCUT2D eigenvalue weighted by Gasteiger charge is -2.38. The smallest absolute Gasteiger partial charge is 0.242 e. The predicted molar refractivity (Wildman–Crippen MR) is 101 cm³/mol. The lowest BCUT2D eigenvalue weighted by Crippen LogP contribution is -2.48. The number of nitrogens with zero attached hydrogens (tertiary/aromatic N) is 1. The van der Waals surface area contributed by atoms with Gasteiger partial charge in [0.2, 0.25) is 5.91 Å². The van der Waals surface area contributed by atoms with E-state index in [4.69, 9.17) is 20.9 Å². The molecule has 1 fully saturated rings. The monoisotopic (exact) mass is 377 g/mol. The molecule has 7 heteroatoms. The van der Waals surface area contributed by atoms with Crippen LogP contribution in [0.1, 0.15) is 31.1 Å². The summed E-state index contributed by atoms with van der Waals surface area (Å²) >= 11 is 6.04. The van der Waals surface area contributed by atoms with Crippen LogP contribution < -0.4 is 10.6 Å².